The molecule has 2 rings (SSSR count). The van der Waals surface area contributed by atoms with Crippen molar-refractivity contribution in [1.29, 1.82) is 0 Å². The molecule has 1 amide bonds. The molecule has 116 valence electrons. The number of carbonyl (C=O) groups is 1. The van der Waals surface area contributed by atoms with E-state index in [0.29, 0.717) is 12.4 Å². The van der Waals surface area contributed by atoms with Crippen LogP contribution in [0.15, 0.2) is 54.6 Å². The van der Waals surface area contributed by atoms with Crippen LogP contribution in [0.2, 0.25) is 0 Å². The highest BCUT2D eigenvalue weighted by Crippen LogP contribution is 2.21. The predicted octanol–water partition coefficient (Wildman–Crippen LogP) is 2.88. The lowest BCUT2D eigenvalue weighted by molar-refractivity contribution is -0.124. The first-order chi connectivity index (χ1) is 10.7. The zero-order chi connectivity index (χ0) is 15.8. The Morgan fingerprint density at radius 2 is 1.68 bits per heavy atom. The minimum absolute atomic E-state index is 0.00125. The Balaban J connectivity index is 1.85. The number of benzene rings is 2. The van der Waals surface area contributed by atoms with E-state index in [4.69, 9.17) is 9.47 Å². The topological polar surface area (TPSA) is 47.6 Å². The Hall–Kier alpha value is -2.33. The molecular weight excluding hydrogens is 278 g/mol. The first-order valence-electron chi connectivity index (χ1n) is 7.25. The van der Waals surface area contributed by atoms with Crippen LogP contribution in [0.4, 0.5) is 0 Å². The first kappa shape index (κ1) is 16.0. The lowest BCUT2D eigenvalue weighted by Crippen LogP contribution is -2.38. The van der Waals surface area contributed by atoms with Crippen LogP contribution in [0.3, 0.4) is 0 Å². The lowest BCUT2D eigenvalue weighted by Gasteiger charge is -2.13. The van der Waals surface area contributed by atoms with E-state index in [0.717, 1.165) is 11.1 Å². The summed E-state index contributed by atoms with van der Waals surface area (Å²) in [6, 6.07) is 17.8. The summed E-state index contributed by atoms with van der Waals surface area (Å²) in [5.41, 5.74) is 2.27. The molecular formula is C18H21NO3. The summed E-state index contributed by atoms with van der Waals surface area (Å²) in [5.74, 6) is 0.519. The molecule has 0 heterocycles. The van der Waals surface area contributed by atoms with E-state index in [1.807, 2.05) is 49.4 Å². The van der Waals surface area contributed by atoms with Crippen LogP contribution in [-0.2, 0) is 9.53 Å². The quantitative estimate of drug-likeness (QED) is 0.855. The molecule has 2 aromatic carbocycles. The van der Waals surface area contributed by atoms with Crippen molar-refractivity contribution in [1.82, 2.24) is 5.32 Å². The molecule has 0 aliphatic carbocycles. The molecule has 0 unspecified atom stereocenters. The summed E-state index contributed by atoms with van der Waals surface area (Å²) in [6.45, 7) is 2.37. The third-order valence-electron chi connectivity index (χ3n) is 3.16. The molecule has 0 spiro atoms. The van der Waals surface area contributed by atoms with Gasteiger partial charge >= 0.3 is 0 Å². The van der Waals surface area contributed by atoms with Gasteiger partial charge in [0, 0.05) is 13.2 Å². The summed E-state index contributed by atoms with van der Waals surface area (Å²) in [6.07, 6.45) is 0. The van der Waals surface area contributed by atoms with Crippen molar-refractivity contribution in [2.24, 2.45) is 0 Å². The maximum atomic E-state index is 11.7. The monoisotopic (exact) mass is 299 g/mol. The lowest BCUT2D eigenvalue weighted by atomic mass is 10.1. The second-order valence-corrected chi connectivity index (χ2v) is 5.10. The summed E-state index contributed by atoms with van der Waals surface area (Å²) in [4.78, 5) is 11.7. The van der Waals surface area contributed by atoms with Crippen molar-refractivity contribution in [3.63, 3.8) is 0 Å². The zero-order valence-electron chi connectivity index (χ0n) is 12.9. The molecule has 0 saturated carbocycles. The molecule has 0 aliphatic heterocycles. The SMILES string of the molecule is COC[C@@H](C)NC(=O)COc1ccc(-c2ccccc2)cc1. The van der Waals surface area contributed by atoms with E-state index in [1.165, 1.54) is 0 Å². The fourth-order valence-electron chi connectivity index (χ4n) is 2.13. The van der Waals surface area contributed by atoms with Gasteiger partial charge in [-0.1, -0.05) is 42.5 Å². The Kier molecular flexibility index (Phi) is 5.98. The largest absolute Gasteiger partial charge is 0.484 e. The summed E-state index contributed by atoms with van der Waals surface area (Å²) >= 11 is 0. The van der Waals surface area contributed by atoms with Crippen LogP contribution >= 0.6 is 0 Å². The molecule has 0 aromatic heterocycles. The molecule has 0 radical (unpaired) electrons. The van der Waals surface area contributed by atoms with Gasteiger partial charge in [-0.2, -0.15) is 0 Å². The molecule has 1 atom stereocenters. The van der Waals surface area contributed by atoms with Crippen LogP contribution in [0.1, 0.15) is 6.92 Å². The number of nitrogens with one attached hydrogen (secondary N) is 1. The van der Waals surface area contributed by atoms with E-state index >= 15 is 0 Å². The first-order valence-corrected chi connectivity index (χ1v) is 7.25. The van der Waals surface area contributed by atoms with Gasteiger partial charge in [-0.05, 0) is 30.2 Å². The van der Waals surface area contributed by atoms with Gasteiger partial charge in [-0.25, -0.2) is 0 Å². The Labute approximate surface area is 131 Å². The molecule has 0 aliphatic rings. The van der Waals surface area contributed by atoms with Crippen molar-refractivity contribution in [3.8, 4) is 16.9 Å². The van der Waals surface area contributed by atoms with Gasteiger partial charge in [0.15, 0.2) is 6.61 Å². The molecule has 0 fully saturated rings. The van der Waals surface area contributed by atoms with Gasteiger partial charge in [0.25, 0.3) is 5.91 Å². The summed E-state index contributed by atoms with van der Waals surface area (Å²) in [5, 5.41) is 2.80. The summed E-state index contributed by atoms with van der Waals surface area (Å²) in [7, 11) is 1.60. The van der Waals surface area contributed by atoms with Crippen LogP contribution in [0, 0.1) is 0 Å². The van der Waals surface area contributed by atoms with Crippen molar-refractivity contribution >= 4 is 5.91 Å². The fourth-order valence-corrected chi connectivity index (χ4v) is 2.13. The Bertz CT molecular complexity index is 581. The average Bonchev–Trinajstić information content (AvgIpc) is 2.54. The second-order valence-electron chi connectivity index (χ2n) is 5.10. The van der Waals surface area contributed by atoms with Crippen molar-refractivity contribution in [2.75, 3.05) is 20.3 Å². The molecule has 4 heteroatoms. The molecule has 1 N–H and O–H groups in total. The van der Waals surface area contributed by atoms with E-state index in [-0.39, 0.29) is 18.6 Å². The van der Waals surface area contributed by atoms with E-state index in [2.05, 4.69) is 17.4 Å². The van der Waals surface area contributed by atoms with Gasteiger partial charge in [0.1, 0.15) is 5.75 Å². The molecule has 2 aromatic rings. The Morgan fingerprint density at radius 3 is 2.32 bits per heavy atom. The third-order valence-corrected chi connectivity index (χ3v) is 3.16. The van der Waals surface area contributed by atoms with Crippen LogP contribution in [0.25, 0.3) is 11.1 Å². The van der Waals surface area contributed by atoms with Crippen LogP contribution < -0.4 is 10.1 Å². The van der Waals surface area contributed by atoms with Crippen molar-refractivity contribution < 1.29 is 14.3 Å². The standard InChI is InChI=1S/C18H21NO3/c1-14(12-21-2)19-18(20)13-22-17-10-8-16(9-11-17)15-6-4-3-5-7-15/h3-11,14H,12-13H2,1-2H3,(H,19,20)/t14-/m1/s1. The van der Waals surface area contributed by atoms with Gasteiger partial charge in [0.05, 0.1) is 6.61 Å². The van der Waals surface area contributed by atoms with E-state index in [1.54, 1.807) is 7.11 Å². The summed E-state index contributed by atoms with van der Waals surface area (Å²) < 4.78 is 10.5. The molecule has 4 nitrogen and oxygen atoms in total. The van der Waals surface area contributed by atoms with Crippen LogP contribution in [-0.4, -0.2) is 32.3 Å². The molecule has 0 bridgehead atoms. The Morgan fingerprint density at radius 1 is 1.05 bits per heavy atom. The van der Waals surface area contributed by atoms with Crippen molar-refractivity contribution in [3.05, 3.63) is 54.6 Å². The smallest absolute Gasteiger partial charge is 0.258 e. The molecule has 22 heavy (non-hydrogen) atoms. The highest BCUT2D eigenvalue weighted by molar-refractivity contribution is 5.77. The number of hydrogen-bond acceptors (Lipinski definition) is 3. The number of amides is 1. The van der Waals surface area contributed by atoms with Crippen molar-refractivity contribution in [2.45, 2.75) is 13.0 Å². The number of hydrogen-bond donors (Lipinski definition) is 1. The number of ether oxygens (including phenoxy) is 2. The highest BCUT2D eigenvalue weighted by Gasteiger charge is 2.07. The number of rotatable bonds is 7. The maximum absolute atomic E-state index is 11.7. The highest BCUT2D eigenvalue weighted by atomic mass is 16.5. The van der Waals surface area contributed by atoms with Gasteiger partial charge in [-0.15, -0.1) is 0 Å². The zero-order valence-corrected chi connectivity index (χ0v) is 12.9. The van der Waals surface area contributed by atoms with Gasteiger partial charge in [0.2, 0.25) is 0 Å². The van der Waals surface area contributed by atoms with E-state index < -0.39 is 0 Å². The minimum atomic E-state index is -0.156. The minimum Gasteiger partial charge on any atom is -0.484 e. The number of carbonyl (C=O) groups excluding carboxylic acids is 1. The fraction of sp³-hybridized carbons (Fsp3) is 0.278. The predicted molar refractivity (Wildman–Crippen MR) is 86.9 cm³/mol. The normalized spacial score (nSPS) is 11.7. The average molecular weight is 299 g/mol. The second kappa shape index (κ2) is 8.20. The third kappa shape index (κ3) is 4.90. The van der Waals surface area contributed by atoms with E-state index in [9.17, 15) is 4.79 Å². The molecule has 0 saturated heterocycles. The maximum Gasteiger partial charge on any atom is 0.258 e. The van der Waals surface area contributed by atoms with Gasteiger partial charge < -0.3 is 14.8 Å². The van der Waals surface area contributed by atoms with Gasteiger partial charge in [-0.3, -0.25) is 4.79 Å². The number of methoxy groups -OCH3 is 1. The van der Waals surface area contributed by atoms with Crippen LogP contribution in [0.5, 0.6) is 5.75 Å².